The van der Waals surface area contributed by atoms with Crippen molar-refractivity contribution in [3.8, 4) is 0 Å². The van der Waals surface area contributed by atoms with E-state index in [4.69, 9.17) is 0 Å². The number of hydrogen-bond donors (Lipinski definition) is 2. The summed E-state index contributed by atoms with van der Waals surface area (Å²) in [5.41, 5.74) is 0.393. The summed E-state index contributed by atoms with van der Waals surface area (Å²) in [5.74, 6) is -0.115. The van der Waals surface area contributed by atoms with Gasteiger partial charge in [-0.25, -0.2) is 9.37 Å². The molecule has 6 heteroatoms. The van der Waals surface area contributed by atoms with Gasteiger partial charge in [-0.1, -0.05) is 12.1 Å². The van der Waals surface area contributed by atoms with Crippen LogP contribution in [0.5, 0.6) is 0 Å². The predicted octanol–water partition coefficient (Wildman–Crippen LogP) is 2.76. The zero-order valence-electron chi connectivity index (χ0n) is 12.9. The topological polar surface area (TPSA) is 62.2 Å². The van der Waals surface area contributed by atoms with Crippen molar-refractivity contribution in [2.45, 2.75) is 31.7 Å². The number of nitrogens with zero attached hydrogens (tertiary/aromatic N) is 1. The molecule has 1 aromatic carbocycles. The molecule has 3 rings (SSSR count). The second-order valence-electron chi connectivity index (χ2n) is 6.23. The Kier molecular flexibility index (Phi) is 4.46. The molecule has 1 aliphatic rings. The fraction of sp³-hybridized carbons (Fsp3) is 0.412. The van der Waals surface area contributed by atoms with Gasteiger partial charge in [0.2, 0.25) is 0 Å². The van der Waals surface area contributed by atoms with Crippen LogP contribution < -0.4 is 5.32 Å². The monoisotopic (exact) mass is 334 g/mol. The van der Waals surface area contributed by atoms with E-state index < -0.39 is 5.54 Å². The Morgan fingerprint density at radius 1 is 1.43 bits per heavy atom. The molecule has 0 bridgehead atoms. The Balaban J connectivity index is 1.66. The number of halogens is 1. The number of aromatic nitrogens is 1. The van der Waals surface area contributed by atoms with E-state index in [1.54, 1.807) is 18.3 Å². The second-order valence-corrected chi connectivity index (χ2v) is 7.34. The van der Waals surface area contributed by atoms with E-state index >= 15 is 0 Å². The summed E-state index contributed by atoms with van der Waals surface area (Å²) in [6.45, 7) is 1.81. The predicted molar refractivity (Wildman–Crippen MR) is 87.0 cm³/mol. The van der Waals surface area contributed by atoms with E-state index in [9.17, 15) is 14.3 Å². The maximum Gasteiger partial charge on any atom is 0.263 e. The molecular weight excluding hydrogens is 315 g/mol. The van der Waals surface area contributed by atoms with Crippen molar-refractivity contribution in [2.75, 3.05) is 6.61 Å². The third-order valence-electron chi connectivity index (χ3n) is 4.25. The van der Waals surface area contributed by atoms with E-state index in [-0.39, 0.29) is 18.3 Å². The van der Waals surface area contributed by atoms with Crippen LogP contribution in [0.4, 0.5) is 4.39 Å². The van der Waals surface area contributed by atoms with Gasteiger partial charge in [0.05, 0.1) is 23.4 Å². The quantitative estimate of drug-likeness (QED) is 0.854. The van der Waals surface area contributed by atoms with Gasteiger partial charge in [0.15, 0.2) is 0 Å². The first-order valence-electron chi connectivity index (χ1n) is 7.63. The average Bonchev–Trinajstić information content (AvgIpc) is 3.30. The largest absolute Gasteiger partial charge is 0.394 e. The molecule has 1 atom stereocenters. The van der Waals surface area contributed by atoms with E-state index in [1.165, 1.54) is 23.5 Å². The smallest absolute Gasteiger partial charge is 0.263 e. The molecule has 1 aliphatic carbocycles. The normalized spacial score (nSPS) is 16.8. The lowest BCUT2D eigenvalue weighted by molar-refractivity contribution is 0.0828. The highest BCUT2D eigenvalue weighted by molar-refractivity contribution is 7.13. The zero-order valence-corrected chi connectivity index (χ0v) is 13.7. The molecule has 1 aromatic heterocycles. The fourth-order valence-electron chi connectivity index (χ4n) is 2.59. The summed E-state index contributed by atoms with van der Waals surface area (Å²) in [4.78, 5) is 17.2. The molecule has 2 aromatic rings. The van der Waals surface area contributed by atoms with Gasteiger partial charge in [-0.05, 0) is 43.4 Å². The zero-order chi connectivity index (χ0) is 16.4. The van der Waals surface area contributed by atoms with Gasteiger partial charge in [0.1, 0.15) is 10.7 Å². The maximum atomic E-state index is 12.9. The molecule has 122 valence electrons. The van der Waals surface area contributed by atoms with Crippen LogP contribution in [-0.4, -0.2) is 28.1 Å². The number of aliphatic hydroxyl groups excluding tert-OH is 1. The lowest BCUT2D eigenvalue weighted by Gasteiger charge is -2.28. The number of carbonyl (C=O) groups is 1. The minimum absolute atomic E-state index is 0.0648. The van der Waals surface area contributed by atoms with Crippen molar-refractivity contribution in [3.05, 3.63) is 51.7 Å². The Morgan fingerprint density at radius 3 is 2.74 bits per heavy atom. The van der Waals surface area contributed by atoms with Gasteiger partial charge in [0, 0.05) is 6.42 Å². The summed E-state index contributed by atoms with van der Waals surface area (Å²) < 4.78 is 12.9. The number of amides is 1. The number of benzene rings is 1. The number of hydrogen-bond acceptors (Lipinski definition) is 4. The second kappa shape index (κ2) is 6.37. The summed E-state index contributed by atoms with van der Waals surface area (Å²) in [7, 11) is 0. The van der Waals surface area contributed by atoms with Gasteiger partial charge in [-0.3, -0.25) is 4.79 Å². The molecule has 2 N–H and O–H groups in total. The Morgan fingerprint density at radius 2 is 2.13 bits per heavy atom. The third-order valence-corrected chi connectivity index (χ3v) is 5.25. The lowest BCUT2D eigenvalue weighted by atomic mass is 9.97. The highest BCUT2D eigenvalue weighted by atomic mass is 32.1. The minimum atomic E-state index is -0.557. The van der Waals surface area contributed by atoms with Gasteiger partial charge in [-0.15, -0.1) is 11.3 Å². The van der Waals surface area contributed by atoms with Crippen LogP contribution in [-0.2, 0) is 6.42 Å². The summed E-state index contributed by atoms with van der Waals surface area (Å²) in [6, 6.07) is 6.26. The Hall–Kier alpha value is -1.79. The molecule has 23 heavy (non-hydrogen) atoms. The van der Waals surface area contributed by atoms with Crippen LogP contribution in [0, 0.1) is 11.7 Å². The molecule has 4 nitrogen and oxygen atoms in total. The van der Waals surface area contributed by atoms with Crippen LogP contribution in [0.3, 0.4) is 0 Å². The first-order chi connectivity index (χ1) is 11.0. The van der Waals surface area contributed by atoms with E-state index in [1.807, 2.05) is 6.92 Å². The summed E-state index contributed by atoms with van der Waals surface area (Å²) in [5, 5.41) is 13.3. The molecule has 1 fully saturated rings. The molecule has 0 aliphatic heterocycles. The number of nitrogens with one attached hydrogen (secondary N) is 1. The molecule has 1 saturated carbocycles. The number of aliphatic hydroxyl groups is 1. The Bertz CT molecular complexity index is 697. The summed E-state index contributed by atoms with van der Waals surface area (Å²) in [6.07, 6.45) is 4.20. The van der Waals surface area contributed by atoms with Crippen LogP contribution in [0.1, 0.15) is 40.0 Å². The van der Waals surface area contributed by atoms with Gasteiger partial charge < -0.3 is 10.4 Å². The minimum Gasteiger partial charge on any atom is -0.394 e. The summed E-state index contributed by atoms with van der Waals surface area (Å²) >= 11 is 1.32. The number of carbonyl (C=O) groups excluding carboxylic acids is 1. The van der Waals surface area contributed by atoms with Gasteiger partial charge >= 0.3 is 0 Å². The van der Waals surface area contributed by atoms with Crippen LogP contribution >= 0.6 is 11.3 Å². The van der Waals surface area contributed by atoms with Crippen LogP contribution in [0.2, 0.25) is 0 Å². The highest BCUT2D eigenvalue weighted by Crippen LogP contribution is 2.39. The molecule has 1 unspecified atom stereocenters. The molecule has 0 saturated heterocycles. The van der Waals surface area contributed by atoms with E-state index in [0.717, 1.165) is 23.4 Å². The van der Waals surface area contributed by atoms with Gasteiger partial charge in [0.25, 0.3) is 5.91 Å². The van der Waals surface area contributed by atoms with Crippen LogP contribution in [0.15, 0.2) is 30.5 Å². The number of rotatable bonds is 6. The van der Waals surface area contributed by atoms with Crippen molar-refractivity contribution in [2.24, 2.45) is 5.92 Å². The van der Waals surface area contributed by atoms with Crippen LogP contribution in [0.25, 0.3) is 0 Å². The van der Waals surface area contributed by atoms with Crippen molar-refractivity contribution in [3.63, 3.8) is 0 Å². The maximum absolute atomic E-state index is 12.9. The Labute approximate surface area is 138 Å². The SMILES string of the molecule is CC(CO)(NC(=O)c1cnc(Cc2ccc(F)cc2)s1)C1CC1. The molecular formula is C17H19FN2O2S. The highest BCUT2D eigenvalue weighted by Gasteiger charge is 2.42. The van der Waals surface area contributed by atoms with E-state index in [2.05, 4.69) is 10.3 Å². The van der Waals surface area contributed by atoms with Gasteiger partial charge in [-0.2, -0.15) is 0 Å². The lowest BCUT2D eigenvalue weighted by Crippen LogP contribution is -2.50. The average molecular weight is 334 g/mol. The van der Waals surface area contributed by atoms with Crippen molar-refractivity contribution < 1.29 is 14.3 Å². The van der Waals surface area contributed by atoms with E-state index in [0.29, 0.717) is 17.2 Å². The first kappa shape index (κ1) is 16.1. The standard InChI is InChI=1S/C17H19FN2O2S/c1-17(10-21,12-4-5-12)20-16(22)14-9-19-15(23-14)8-11-2-6-13(18)7-3-11/h2-3,6-7,9,12,21H,4-5,8,10H2,1H3,(H,20,22). The number of thiazole rings is 1. The molecule has 1 heterocycles. The van der Waals surface area contributed by atoms with Crippen molar-refractivity contribution >= 4 is 17.2 Å². The first-order valence-corrected chi connectivity index (χ1v) is 8.44. The molecule has 0 spiro atoms. The molecule has 1 amide bonds. The van der Waals surface area contributed by atoms with Crippen molar-refractivity contribution in [1.29, 1.82) is 0 Å². The molecule has 0 radical (unpaired) electrons. The fourth-order valence-corrected chi connectivity index (χ4v) is 3.43. The van der Waals surface area contributed by atoms with Crippen molar-refractivity contribution in [1.82, 2.24) is 10.3 Å². The third kappa shape index (κ3) is 3.76.